The summed E-state index contributed by atoms with van der Waals surface area (Å²) in [4.78, 5) is 13.2. The van der Waals surface area contributed by atoms with Crippen LogP contribution < -0.4 is 0 Å². The minimum absolute atomic E-state index is 0.0234. The Hall–Kier alpha value is -0.570. The summed E-state index contributed by atoms with van der Waals surface area (Å²) in [6, 6.07) is 0. The lowest BCUT2D eigenvalue weighted by atomic mass is 9.64. The first-order chi connectivity index (χ1) is 10.6. The van der Waals surface area contributed by atoms with E-state index in [9.17, 15) is 20.1 Å². The van der Waals surface area contributed by atoms with Gasteiger partial charge in [-0.15, -0.1) is 0 Å². The van der Waals surface area contributed by atoms with Crippen LogP contribution in [0.25, 0.3) is 0 Å². The number of carbonyl (C=O) groups excluding carboxylic acids is 1. The van der Waals surface area contributed by atoms with Crippen LogP contribution in [0.3, 0.4) is 0 Å². The van der Waals surface area contributed by atoms with E-state index in [0.717, 1.165) is 0 Å². The molecule has 22 heavy (non-hydrogen) atoms. The van der Waals surface area contributed by atoms with Crippen molar-refractivity contribution in [1.29, 1.82) is 0 Å². The number of hydrogen-bond acceptors (Lipinski definition) is 7. The molecular formula is C15H24O7. The lowest BCUT2D eigenvalue weighted by Crippen LogP contribution is -2.52. The third-order valence-corrected chi connectivity index (χ3v) is 4.93. The maximum absolute atomic E-state index is 13.2. The zero-order chi connectivity index (χ0) is 15.8. The molecule has 0 aromatic rings. The van der Waals surface area contributed by atoms with Crippen LogP contribution >= 0.6 is 0 Å². The number of rotatable bonds is 11. The van der Waals surface area contributed by atoms with E-state index in [2.05, 4.69) is 0 Å². The fraction of sp³-hybridized carbons (Fsp3) is 0.933. The molecule has 0 spiro atoms. The van der Waals surface area contributed by atoms with Crippen molar-refractivity contribution in [2.75, 3.05) is 39.6 Å². The minimum Gasteiger partial charge on any atom is -0.395 e. The van der Waals surface area contributed by atoms with E-state index >= 15 is 0 Å². The predicted octanol–water partition coefficient (Wildman–Crippen LogP) is -1.13. The lowest BCUT2D eigenvalue weighted by molar-refractivity contribution is -0.150. The first-order valence-corrected chi connectivity index (χ1v) is 7.80. The highest BCUT2D eigenvalue weighted by atomic mass is 16.6. The SMILES string of the molecule is O=C(C(CO)(CO)CO)C(CC1CO1)(CC1CO1)CC1CO1. The number of aliphatic hydroxyl groups excluding tert-OH is 3. The van der Waals surface area contributed by atoms with Gasteiger partial charge < -0.3 is 29.5 Å². The molecule has 0 aromatic heterocycles. The van der Waals surface area contributed by atoms with Crippen molar-refractivity contribution >= 4 is 5.78 Å². The first kappa shape index (κ1) is 16.3. The standard InChI is InChI=1S/C15H24O7/c16-7-15(8-17,9-18)13(19)14(1-10-4-20-10,2-11-5-21-11)3-12-6-22-12/h10-12,16-18H,1-9H2. The van der Waals surface area contributed by atoms with Gasteiger partial charge in [-0.1, -0.05) is 0 Å². The molecule has 3 aliphatic heterocycles. The molecule has 3 atom stereocenters. The van der Waals surface area contributed by atoms with Crippen molar-refractivity contribution in [2.45, 2.75) is 37.6 Å². The Kier molecular flexibility index (Phi) is 4.55. The van der Waals surface area contributed by atoms with Gasteiger partial charge in [0, 0.05) is 5.41 Å². The zero-order valence-corrected chi connectivity index (χ0v) is 12.6. The first-order valence-electron chi connectivity index (χ1n) is 7.80. The van der Waals surface area contributed by atoms with Gasteiger partial charge in [-0.05, 0) is 19.3 Å². The largest absolute Gasteiger partial charge is 0.395 e. The monoisotopic (exact) mass is 316 g/mol. The fourth-order valence-corrected chi connectivity index (χ4v) is 3.32. The smallest absolute Gasteiger partial charge is 0.152 e. The summed E-state index contributed by atoms with van der Waals surface area (Å²) in [5.74, 6) is -0.297. The average molecular weight is 316 g/mol. The molecule has 3 heterocycles. The minimum atomic E-state index is -1.53. The summed E-state index contributed by atoms with van der Waals surface area (Å²) >= 11 is 0. The lowest BCUT2D eigenvalue weighted by Gasteiger charge is -2.39. The summed E-state index contributed by atoms with van der Waals surface area (Å²) < 4.78 is 15.9. The van der Waals surface area contributed by atoms with Gasteiger partial charge in [0.25, 0.3) is 0 Å². The molecule has 3 saturated heterocycles. The molecule has 0 aromatic carbocycles. The number of Topliss-reactive ketones (excluding diaryl/α,β-unsaturated/α-hetero) is 1. The topological polar surface area (TPSA) is 115 Å². The van der Waals surface area contributed by atoms with Gasteiger partial charge in [0.15, 0.2) is 5.78 Å². The highest BCUT2D eigenvalue weighted by Crippen LogP contribution is 2.47. The molecule has 0 radical (unpaired) electrons. The molecule has 126 valence electrons. The van der Waals surface area contributed by atoms with Crippen molar-refractivity contribution in [3.63, 3.8) is 0 Å². The van der Waals surface area contributed by atoms with Gasteiger partial charge in [0.1, 0.15) is 0 Å². The normalized spacial score (nSPS) is 32.4. The summed E-state index contributed by atoms with van der Waals surface area (Å²) in [6.45, 7) is 0.124. The zero-order valence-electron chi connectivity index (χ0n) is 12.6. The van der Waals surface area contributed by atoms with Crippen LogP contribution in [0, 0.1) is 10.8 Å². The molecule has 0 aliphatic carbocycles. The van der Waals surface area contributed by atoms with Gasteiger partial charge in [0.05, 0.1) is 63.4 Å². The van der Waals surface area contributed by atoms with Crippen LogP contribution in [0.5, 0.6) is 0 Å². The van der Waals surface area contributed by atoms with Crippen LogP contribution in [-0.4, -0.2) is 79.1 Å². The van der Waals surface area contributed by atoms with Crippen LogP contribution in [-0.2, 0) is 19.0 Å². The molecule has 0 amide bonds. The fourth-order valence-electron chi connectivity index (χ4n) is 3.32. The highest BCUT2D eigenvalue weighted by Gasteiger charge is 2.55. The predicted molar refractivity (Wildman–Crippen MR) is 74.2 cm³/mol. The van der Waals surface area contributed by atoms with E-state index in [1.165, 1.54) is 0 Å². The van der Waals surface area contributed by atoms with E-state index in [0.29, 0.717) is 39.1 Å². The molecule has 3 rings (SSSR count). The number of ketones is 1. The van der Waals surface area contributed by atoms with E-state index in [4.69, 9.17) is 14.2 Å². The van der Waals surface area contributed by atoms with Crippen molar-refractivity contribution in [2.24, 2.45) is 10.8 Å². The molecule has 3 N–H and O–H groups in total. The van der Waals surface area contributed by atoms with Crippen LogP contribution in [0.2, 0.25) is 0 Å². The Balaban J connectivity index is 1.87. The Labute approximate surface area is 129 Å². The number of hydrogen-bond donors (Lipinski definition) is 3. The second-order valence-corrected chi connectivity index (χ2v) is 6.84. The van der Waals surface area contributed by atoms with Gasteiger partial charge in [-0.2, -0.15) is 0 Å². The average Bonchev–Trinajstić information content (AvgIpc) is 3.35. The molecule has 0 saturated carbocycles. The highest BCUT2D eigenvalue weighted by molar-refractivity contribution is 5.91. The molecule has 0 bridgehead atoms. The summed E-state index contributed by atoms with van der Waals surface area (Å²) in [7, 11) is 0. The third-order valence-electron chi connectivity index (χ3n) is 4.93. The second-order valence-electron chi connectivity index (χ2n) is 6.84. The van der Waals surface area contributed by atoms with Gasteiger partial charge in [-0.3, -0.25) is 4.79 Å². The summed E-state index contributed by atoms with van der Waals surface area (Å²) in [5, 5.41) is 28.9. The Morgan fingerprint density at radius 2 is 1.09 bits per heavy atom. The molecule has 3 aliphatic rings. The maximum Gasteiger partial charge on any atom is 0.152 e. The molecule has 3 fully saturated rings. The second kappa shape index (κ2) is 6.14. The molecule has 7 nitrogen and oxygen atoms in total. The van der Waals surface area contributed by atoms with Gasteiger partial charge in [-0.25, -0.2) is 0 Å². The maximum atomic E-state index is 13.2. The van der Waals surface area contributed by atoms with E-state index < -0.39 is 30.7 Å². The number of ether oxygens (including phenoxy) is 3. The molecular weight excluding hydrogens is 292 g/mol. The number of epoxide rings is 3. The van der Waals surface area contributed by atoms with Crippen LogP contribution in [0.4, 0.5) is 0 Å². The van der Waals surface area contributed by atoms with E-state index in [1.807, 2.05) is 0 Å². The Bertz CT molecular complexity index is 364. The summed E-state index contributed by atoms with van der Waals surface area (Å²) in [6.07, 6.45) is 1.63. The number of carbonyl (C=O) groups is 1. The van der Waals surface area contributed by atoms with E-state index in [-0.39, 0.29) is 24.1 Å². The van der Waals surface area contributed by atoms with Crippen molar-refractivity contribution in [3.8, 4) is 0 Å². The van der Waals surface area contributed by atoms with Crippen molar-refractivity contribution < 1.29 is 34.3 Å². The van der Waals surface area contributed by atoms with Crippen LogP contribution in [0.15, 0.2) is 0 Å². The van der Waals surface area contributed by atoms with Crippen molar-refractivity contribution in [1.82, 2.24) is 0 Å². The van der Waals surface area contributed by atoms with Gasteiger partial charge >= 0.3 is 0 Å². The summed E-state index contributed by atoms with van der Waals surface area (Å²) in [5.41, 5.74) is -2.32. The third kappa shape index (κ3) is 3.34. The quantitative estimate of drug-likeness (QED) is 0.413. The van der Waals surface area contributed by atoms with E-state index in [1.54, 1.807) is 0 Å². The van der Waals surface area contributed by atoms with Crippen molar-refractivity contribution in [3.05, 3.63) is 0 Å². The Morgan fingerprint density at radius 1 is 0.773 bits per heavy atom. The molecule has 3 unspecified atom stereocenters. The van der Waals surface area contributed by atoms with Gasteiger partial charge in [0.2, 0.25) is 0 Å². The number of aliphatic hydroxyl groups is 3. The molecule has 7 heteroatoms. The Morgan fingerprint density at radius 3 is 1.32 bits per heavy atom. The van der Waals surface area contributed by atoms with Crippen LogP contribution in [0.1, 0.15) is 19.3 Å².